The van der Waals surface area contributed by atoms with Gasteiger partial charge in [0.1, 0.15) is 11.6 Å². The Morgan fingerprint density at radius 2 is 2.17 bits per heavy atom. The molecule has 7 heteroatoms. The molecular weight excluding hydrogens is 280 g/mol. The molecule has 0 saturated carbocycles. The van der Waals surface area contributed by atoms with Crippen LogP contribution in [-0.2, 0) is 15.6 Å². The van der Waals surface area contributed by atoms with Gasteiger partial charge in [0.15, 0.2) is 0 Å². The highest BCUT2D eigenvalue weighted by atomic mass is 32.2. The van der Waals surface area contributed by atoms with E-state index in [4.69, 9.17) is 0 Å². The van der Waals surface area contributed by atoms with Gasteiger partial charge in [0.2, 0.25) is 5.91 Å². The van der Waals surface area contributed by atoms with Gasteiger partial charge >= 0.3 is 0 Å². The third-order valence-corrected chi connectivity index (χ3v) is 3.79. The molecule has 1 rings (SSSR count). The molecule has 1 atom stereocenters. The number of hydrogen-bond acceptors (Lipinski definition) is 3. The molecule has 0 aliphatic carbocycles. The first kappa shape index (κ1) is 15.1. The SMILES string of the molecule is CS(=O)CCNC(=O)CSc1ccc(F)cc1F. The highest BCUT2D eigenvalue weighted by Gasteiger charge is 2.07. The molecule has 100 valence electrons. The fourth-order valence-electron chi connectivity index (χ4n) is 1.12. The van der Waals surface area contributed by atoms with Crippen molar-refractivity contribution in [2.24, 2.45) is 0 Å². The minimum absolute atomic E-state index is 0.0406. The summed E-state index contributed by atoms with van der Waals surface area (Å²) in [5, 5.41) is 2.57. The normalized spacial score (nSPS) is 12.2. The lowest BCUT2D eigenvalue weighted by Gasteiger charge is -2.05. The van der Waals surface area contributed by atoms with Crippen LogP contribution >= 0.6 is 11.8 Å². The van der Waals surface area contributed by atoms with Gasteiger partial charge in [-0.25, -0.2) is 8.78 Å². The number of nitrogens with one attached hydrogen (secondary N) is 1. The Kier molecular flexibility index (Phi) is 6.28. The molecule has 3 nitrogen and oxygen atoms in total. The summed E-state index contributed by atoms with van der Waals surface area (Å²) in [6.07, 6.45) is 1.55. The number of carbonyl (C=O) groups excluding carboxylic acids is 1. The molecule has 0 fully saturated rings. The Bertz CT molecular complexity index is 455. The summed E-state index contributed by atoms with van der Waals surface area (Å²) in [5.41, 5.74) is 0. The Labute approximate surface area is 111 Å². The maximum Gasteiger partial charge on any atom is 0.230 e. The molecule has 0 aliphatic rings. The van der Waals surface area contributed by atoms with Crippen LogP contribution in [0, 0.1) is 11.6 Å². The molecule has 0 radical (unpaired) electrons. The predicted molar refractivity (Wildman–Crippen MR) is 69.0 cm³/mol. The van der Waals surface area contributed by atoms with Crippen LogP contribution in [0.1, 0.15) is 0 Å². The number of hydrogen-bond donors (Lipinski definition) is 1. The van der Waals surface area contributed by atoms with Gasteiger partial charge < -0.3 is 5.32 Å². The molecule has 0 bridgehead atoms. The van der Waals surface area contributed by atoms with E-state index in [9.17, 15) is 17.8 Å². The van der Waals surface area contributed by atoms with Gasteiger partial charge in [0.25, 0.3) is 0 Å². The molecule has 0 saturated heterocycles. The number of carbonyl (C=O) groups is 1. The molecule has 1 N–H and O–H groups in total. The quantitative estimate of drug-likeness (QED) is 0.810. The lowest BCUT2D eigenvalue weighted by molar-refractivity contribution is -0.118. The van der Waals surface area contributed by atoms with E-state index in [1.165, 1.54) is 6.07 Å². The van der Waals surface area contributed by atoms with E-state index in [-0.39, 0.29) is 16.6 Å². The average molecular weight is 293 g/mol. The Balaban J connectivity index is 2.36. The molecule has 1 unspecified atom stereocenters. The van der Waals surface area contributed by atoms with Crippen LogP contribution in [-0.4, -0.2) is 34.4 Å². The highest BCUT2D eigenvalue weighted by molar-refractivity contribution is 8.00. The van der Waals surface area contributed by atoms with Crippen molar-refractivity contribution in [3.05, 3.63) is 29.8 Å². The third kappa shape index (κ3) is 5.59. The van der Waals surface area contributed by atoms with Crippen LogP contribution in [0.3, 0.4) is 0 Å². The fraction of sp³-hybridized carbons (Fsp3) is 0.364. The molecular formula is C11H13F2NO2S2. The van der Waals surface area contributed by atoms with Gasteiger partial charge in [0.05, 0.1) is 5.75 Å². The number of amides is 1. The summed E-state index contributed by atoms with van der Waals surface area (Å²) in [5.74, 6) is -1.16. The molecule has 0 spiro atoms. The lowest BCUT2D eigenvalue weighted by Crippen LogP contribution is -2.28. The summed E-state index contributed by atoms with van der Waals surface area (Å²) in [7, 11) is -0.951. The largest absolute Gasteiger partial charge is 0.354 e. The molecule has 1 aromatic rings. The minimum Gasteiger partial charge on any atom is -0.354 e. The van der Waals surface area contributed by atoms with Crippen molar-refractivity contribution in [3.63, 3.8) is 0 Å². The maximum atomic E-state index is 13.2. The summed E-state index contributed by atoms with van der Waals surface area (Å²) in [4.78, 5) is 11.6. The molecule has 0 aromatic heterocycles. The van der Waals surface area contributed by atoms with E-state index in [2.05, 4.69) is 5.32 Å². The zero-order valence-electron chi connectivity index (χ0n) is 9.74. The average Bonchev–Trinajstić information content (AvgIpc) is 2.27. The predicted octanol–water partition coefficient (Wildman–Crippen LogP) is 1.55. The van der Waals surface area contributed by atoms with Crippen molar-refractivity contribution < 1.29 is 17.8 Å². The van der Waals surface area contributed by atoms with E-state index in [1.54, 1.807) is 6.26 Å². The highest BCUT2D eigenvalue weighted by Crippen LogP contribution is 2.21. The van der Waals surface area contributed by atoms with Crippen LogP contribution in [0.5, 0.6) is 0 Å². The molecule has 0 aliphatic heterocycles. The van der Waals surface area contributed by atoms with Crippen molar-refractivity contribution in [3.8, 4) is 0 Å². The van der Waals surface area contributed by atoms with Crippen molar-refractivity contribution in [2.45, 2.75) is 4.90 Å². The Morgan fingerprint density at radius 1 is 1.44 bits per heavy atom. The maximum absolute atomic E-state index is 13.2. The summed E-state index contributed by atoms with van der Waals surface area (Å²) in [6.45, 7) is 0.328. The summed E-state index contributed by atoms with van der Waals surface area (Å²) >= 11 is 0.993. The Morgan fingerprint density at radius 3 is 2.78 bits per heavy atom. The topological polar surface area (TPSA) is 46.2 Å². The van der Waals surface area contributed by atoms with Crippen LogP contribution in [0.2, 0.25) is 0 Å². The van der Waals surface area contributed by atoms with Crippen LogP contribution in [0.25, 0.3) is 0 Å². The minimum atomic E-state index is -0.951. The number of rotatable bonds is 6. The van der Waals surface area contributed by atoms with Crippen LogP contribution in [0.15, 0.2) is 23.1 Å². The van der Waals surface area contributed by atoms with Gasteiger partial charge in [-0.05, 0) is 12.1 Å². The molecule has 0 heterocycles. The van der Waals surface area contributed by atoms with Crippen LogP contribution < -0.4 is 5.32 Å². The third-order valence-electron chi connectivity index (χ3n) is 1.96. The first-order valence-corrected chi connectivity index (χ1v) is 7.85. The van der Waals surface area contributed by atoms with Gasteiger partial charge in [-0.2, -0.15) is 0 Å². The number of halogens is 2. The number of thioether (sulfide) groups is 1. The smallest absolute Gasteiger partial charge is 0.230 e. The fourth-order valence-corrected chi connectivity index (χ4v) is 2.26. The molecule has 1 amide bonds. The lowest BCUT2D eigenvalue weighted by atomic mass is 10.3. The first-order chi connectivity index (χ1) is 8.49. The van der Waals surface area contributed by atoms with Crippen molar-refractivity contribution >= 4 is 28.5 Å². The second kappa shape index (κ2) is 7.48. The van der Waals surface area contributed by atoms with Crippen molar-refractivity contribution in [1.82, 2.24) is 5.32 Å². The molecule has 1 aromatic carbocycles. The van der Waals surface area contributed by atoms with Crippen LogP contribution in [0.4, 0.5) is 8.78 Å². The molecule has 18 heavy (non-hydrogen) atoms. The first-order valence-electron chi connectivity index (χ1n) is 5.13. The van der Waals surface area contributed by atoms with Gasteiger partial charge in [-0.15, -0.1) is 11.8 Å². The van der Waals surface area contributed by atoms with E-state index < -0.39 is 22.4 Å². The standard InChI is InChI=1S/C11H13F2NO2S2/c1-18(16)5-4-14-11(15)7-17-10-3-2-8(12)6-9(10)13/h2-3,6H,4-5,7H2,1H3,(H,14,15). The van der Waals surface area contributed by atoms with Crippen molar-refractivity contribution in [2.75, 3.05) is 24.3 Å². The zero-order valence-corrected chi connectivity index (χ0v) is 11.4. The second-order valence-corrected chi connectivity index (χ2v) is 6.06. The second-order valence-electron chi connectivity index (χ2n) is 3.49. The Hall–Kier alpha value is -0.950. The summed E-state index contributed by atoms with van der Waals surface area (Å²) < 4.78 is 36.6. The van der Waals surface area contributed by atoms with Crippen molar-refractivity contribution in [1.29, 1.82) is 0 Å². The van der Waals surface area contributed by atoms with E-state index in [0.717, 1.165) is 23.9 Å². The van der Waals surface area contributed by atoms with E-state index in [0.29, 0.717) is 12.3 Å². The monoisotopic (exact) mass is 293 g/mol. The summed E-state index contributed by atoms with van der Waals surface area (Å²) in [6, 6.07) is 3.22. The van der Waals surface area contributed by atoms with Gasteiger partial charge in [0, 0.05) is 40.3 Å². The zero-order chi connectivity index (χ0) is 13.5. The number of benzene rings is 1. The van der Waals surface area contributed by atoms with Gasteiger partial charge in [-0.1, -0.05) is 0 Å². The van der Waals surface area contributed by atoms with E-state index >= 15 is 0 Å². The van der Waals surface area contributed by atoms with Gasteiger partial charge in [-0.3, -0.25) is 9.00 Å². The van der Waals surface area contributed by atoms with E-state index in [1.807, 2.05) is 0 Å².